The maximum absolute atomic E-state index is 13.9. The summed E-state index contributed by atoms with van der Waals surface area (Å²) in [6, 6.07) is 7.90. The molecule has 1 aromatic rings. The van der Waals surface area contributed by atoms with E-state index in [-0.39, 0.29) is 17.5 Å². The van der Waals surface area contributed by atoms with Crippen molar-refractivity contribution in [1.82, 2.24) is 5.32 Å². The molecule has 4 heteroatoms. The van der Waals surface area contributed by atoms with Crippen LogP contribution < -0.4 is 5.32 Å². The Morgan fingerprint density at radius 3 is 2.11 bits per heavy atom. The van der Waals surface area contributed by atoms with Crippen LogP contribution in [0, 0.1) is 5.41 Å². The maximum atomic E-state index is 13.9. The van der Waals surface area contributed by atoms with Gasteiger partial charge in [-0.3, -0.25) is 0 Å². The lowest BCUT2D eigenvalue weighted by Gasteiger charge is -2.30. The van der Waals surface area contributed by atoms with E-state index in [9.17, 15) is 8.78 Å². The highest BCUT2D eigenvalue weighted by Crippen LogP contribution is 2.29. The molecule has 19 heavy (non-hydrogen) atoms. The first-order chi connectivity index (χ1) is 8.99. The van der Waals surface area contributed by atoms with Crippen molar-refractivity contribution in [3.8, 4) is 0 Å². The molecule has 108 valence electrons. The molecule has 0 saturated carbocycles. The Balaban J connectivity index is 2.57. The van der Waals surface area contributed by atoms with Crippen LogP contribution in [0.4, 0.5) is 8.78 Å². The van der Waals surface area contributed by atoms with Gasteiger partial charge in [0.2, 0.25) is 0 Å². The molecule has 1 nitrogen and oxygen atoms in total. The van der Waals surface area contributed by atoms with Crippen LogP contribution in [0.15, 0.2) is 30.3 Å². The van der Waals surface area contributed by atoms with E-state index in [1.807, 2.05) is 13.8 Å². The van der Waals surface area contributed by atoms with E-state index in [2.05, 4.69) is 5.32 Å². The third-order valence-corrected chi connectivity index (χ3v) is 4.39. The second-order valence-corrected chi connectivity index (χ2v) is 5.28. The molecular formula is C15H22ClF2N. The molecule has 0 aliphatic carbocycles. The van der Waals surface area contributed by atoms with Gasteiger partial charge in [-0.05, 0) is 18.3 Å². The zero-order chi connectivity index (χ0) is 14.4. The fraction of sp³-hybridized carbons (Fsp3) is 0.600. The molecule has 0 bridgehead atoms. The molecule has 0 heterocycles. The fourth-order valence-electron chi connectivity index (χ4n) is 2.00. The first-order valence-electron chi connectivity index (χ1n) is 6.69. The normalized spacial score (nSPS) is 12.7. The third kappa shape index (κ3) is 4.43. The molecule has 1 N–H and O–H groups in total. The minimum Gasteiger partial charge on any atom is -0.310 e. The van der Waals surface area contributed by atoms with E-state index < -0.39 is 5.92 Å². The van der Waals surface area contributed by atoms with Crippen molar-refractivity contribution in [3.63, 3.8) is 0 Å². The predicted molar refractivity (Wildman–Crippen MR) is 76.9 cm³/mol. The minimum atomic E-state index is -2.85. The standard InChI is InChI=1S/C15H22ClF2N/c1-3-14(4-2,10-16)11-19-12-15(17,18)13-8-6-5-7-9-13/h5-9,19H,3-4,10-12H2,1-2H3. The van der Waals surface area contributed by atoms with Gasteiger partial charge in [-0.15, -0.1) is 11.6 Å². The molecule has 0 amide bonds. The molecule has 0 aliphatic rings. The van der Waals surface area contributed by atoms with Crippen LogP contribution in [0.5, 0.6) is 0 Å². The van der Waals surface area contributed by atoms with Crippen molar-refractivity contribution >= 4 is 11.6 Å². The van der Waals surface area contributed by atoms with E-state index >= 15 is 0 Å². The van der Waals surface area contributed by atoms with Gasteiger partial charge in [0.05, 0.1) is 6.54 Å². The summed E-state index contributed by atoms with van der Waals surface area (Å²) in [4.78, 5) is 0. The predicted octanol–water partition coefficient (Wildman–Crippen LogP) is 4.41. The van der Waals surface area contributed by atoms with Crippen molar-refractivity contribution in [2.75, 3.05) is 19.0 Å². The minimum absolute atomic E-state index is 0.0481. The molecule has 0 aromatic heterocycles. The summed E-state index contributed by atoms with van der Waals surface area (Å²) >= 11 is 5.96. The van der Waals surface area contributed by atoms with Gasteiger partial charge in [0.15, 0.2) is 0 Å². The van der Waals surface area contributed by atoms with Crippen LogP contribution in [0.3, 0.4) is 0 Å². The van der Waals surface area contributed by atoms with Gasteiger partial charge >= 0.3 is 0 Å². The van der Waals surface area contributed by atoms with Crippen LogP contribution in [0.1, 0.15) is 32.3 Å². The van der Waals surface area contributed by atoms with Crippen molar-refractivity contribution in [2.45, 2.75) is 32.6 Å². The van der Waals surface area contributed by atoms with Crippen molar-refractivity contribution in [3.05, 3.63) is 35.9 Å². The summed E-state index contributed by atoms with van der Waals surface area (Å²) in [7, 11) is 0. The van der Waals surface area contributed by atoms with Gasteiger partial charge < -0.3 is 5.32 Å². The summed E-state index contributed by atoms with van der Waals surface area (Å²) in [5, 5.41) is 2.88. The molecule has 0 radical (unpaired) electrons. The van der Waals surface area contributed by atoms with Crippen molar-refractivity contribution in [1.29, 1.82) is 0 Å². The van der Waals surface area contributed by atoms with Gasteiger partial charge in [0, 0.05) is 18.0 Å². The number of alkyl halides is 3. The highest BCUT2D eigenvalue weighted by Gasteiger charge is 2.32. The summed E-state index contributed by atoms with van der Waals surface area (Å²) in [5.74, 6) is -2.36. The second kappa shape index (κ2) is 7.20. The smallest absolute Gasteiger partial charge is 0.285 e. The maximum Gasteiger partial charge on any atom is 0.285 e. The summed E-state index contributed by atoms with van der Waals surface area (Å²) in [5.41, 5.74) is -0.0408. The Bertz CT molecular complexity index is 355. The Labute approximate surface area is 119 Å². The molecule has 1 aromatic carbocycles. The zero-order valence-electron chi connectivity index (χ0n) is 11.6. The number of hydrogen-bond acceptors (Lipinski definition) is 1. The lowest BCUT2D eigenvalue weighted by Crippen LogP contribution is -2.40. The lowest BCUT2D eigenvalue weighted by atomic mass is 9.84. The number of nitrogens with one attached hydrogen (secondary N) is 1. The van der Waals surface area contributed by atoms with Gasteiger partial charge in [0.25, 0.3) is 5.92 Å². The van der Waals surface area contributed by atoms with Crippen LogP contribution in [0.25, 0.3) is 0 Å². The number of rotatable bonds is 8. The topological polar surface area (TPSA) is 12.0 Å². The molecule has 0 spiro atoms. The molecule has 0 fully saturated rings. The molecule has 1 rings (SSSR count). The van der Waals surface area contributed by atoms with Crippen LogP contribution in [-0.2, 0) is 5.92 Å². The monoisotopic (exact) mass is 289 g/mol. The van der Waals surface area contributed by atoms with E-state index in [4.69, 9.17) is 11.6 Å². The fourth-order valence-corrected chi connectivity index (χ4v) is 2.48. The van der Waals surface area contributed by atoms with E-state index in [0.717, 1.165) is 12.8 Å². The summed E-state index contributed by atoms with van der Waals surface area (Å²) in [6.07, 6.45) is 1.77. The number of hydrogen-bond donors (Lipinski definition) is 1. The van der Waals surface area contributed by atoms with E-state index in [0.29, 0.717) is 12.4 Å². The summed E-state index contributed by atoms with van der Waals surface area (Å²) in [6.45, 7) is 4.26. The number of benzene rings is 1. The Kier molecular flexibility index (Phi) is 6.21. The average molecular weight is 290 g/mol. The molecular weight excluding hydrogens is 268 g/mol. The Morgan fingerprint density at radius 2 is 1.63 bits per heavy atom. The first-order valence-corrected chi connectivity index (χ1v) is 7.23. The molecule has 0 saturated heterocycles. The van der Waals surface area contributed by atoms with Crippen molar-refractivity contribution < 1.29 is 8.78 Å². The molecule has 0 aliphatic heterocycles. The van der Waals surface area contributed by atoms with Crippen molar-refractivity contribution in [2.24, 2.45) is 5.41 Å². The lowest BCUT2D eigenvalue weighted by molar-refractivity contribution is -0.00536. The van der Waals surface area contributed by atoms with Crippen LogP contribution in [-0.4, -0.2) is 19.0 Å². The van der Waals surface area contributed by atoms with Gasteiger partial charge in [-0.25, -0.2) is 0 Å². The van der Waals surface area contributed by atoms with E-state index in [1.165, 1.54) is 12.1 Å². The molecule has 0 unspecified atom stereocenters. The SMILES string of the molecule is CCC(CC)(CCl)CNCC(F)(F)c1ccccc1. The summed E-state index contributed by atoms with van der Waals surface area (Å²) < 4.78 is 27.9. The van der Waals surface area contributed by atoms with Gasteiger partial charge in [-0.1, -0.05) is 44.2 Å². The third-order valence-electron chi connectivity index (χ3n) is 3.83. The molecule has 0 atom stereocenters. The van der Waals surface area contributed by atoms with E-state index in [1.54, 1.807) is 18.2 Å². The number of halogens is 3. The Hall–Kier alpha value is -0.670. The Morgan fingerprint density at radius 1 is 1.05 bits per heavy atom. The van der Waals surface area contributed by atoms with Crippen LogP contribution in [0.2, 0.25) is 0 Å². The van der Waals surface area contributed by atoms with Gasteiger partial charge in [-0.2, -0.15) is 8.78 Å². The highest BCUT2D eigenvalue weighted by molar-refractivity contribution is 6.18. The first kappa shape index (κ1) is 16.4. The zero-order valence-corrected chi connectivity index (χ0v) is 12.3. The van der Waals surface area contributed by atoms with Crippen LogP contribution >= 0.6 is 11.6 Å². The average Bonchev–Trinajstić information content (AvgIpc) is 2.45. The largest absolute Gasteiger partial charge is 0.310 e. The highest BCUT2D eigenvalue weighted by atomic mass is 35.5. The second-order valence-electron chi connectivity index (χ2n) is 5.01. The quantitative estimate of drug-likeness (QED) is 0.699. The van der Waals surface area contributed by atoms with Gasteiger partial charge in [0.1, 0.15) is 0 Å².